The second-order valence-corrected chi connectivity index (χ2v) is 11.1. The maximum atomic E-state index is 14.1. The minimum atomic E-state index is -1.20. The molecule has 3 aromatic carbocycles. The number of ketones is 2. The molecular formula is C34H26N2O5. The molecule has 0 radical (unpaired) electrons. The molecule has 1 saturated carbocycles. The van der Waals surface area contributed by atoms with Crippen molar-refractivity contribution in [3.8, 4) is 29.4 Å². The van der Waals surface area contributed by atoms with Crippen LogP contribution in [0.15, 0.2) is 66.7 Å². The zero-order chi connectivity index (χ0) is 28.5. The summed E-state index contributed by atoms with van der Waals surface area (Å²) in [5.41, 5.74) is 0.963. The van der Waals surface area contributed by atoms with Gasteiger partial charge in [-0.3, -0.25) is 9.59 Å². The van der Waals surface area contributed by atoms with Crippen LogP contribution in [0.2, 0.25) is 0 Å². The first-order chi connectivity index (χ1) is 19.8. The Morgan fingerprint density at radius 2 is 1.73 bits per heavy atom. The van der Waals surface area contributed by atoms with Crippen molar-refractivity contribution in [3.05, 3.63) is 100 Å². The van der Waals surface area contributed by atoms with Gasteiger partial charge in [0.15, 0.2) is 11.6 Å². The van der Waals surface area contributed by atoms with Crippen LogP contribution in [-0.4, -0.2) is 45.1 Å². The van der Waals surface area contributed by atoms with E-state index in [4.69, 9.17) is 0 Å². The molecule has 1 heterocycles. The van der Waals surface area contributed by atoms with Crippen molar-refractivity contribution < 1.29 is 24.9 Å². The van der Waals surface area contributed by atoms with Crippen molar-refractivity contribution >= 4 is 22.9 Å². The van der Waals surface area contributed by atoms with E-state index in [1.807, 2.05) is 30.3 Å². The number of nitrogens with one attached hydrogen (secondary N) is 2. The molecule has 3 aliphatic carbocycles. The number of hydrogen-bond donors (Lipinski definition) is 5. The number of allylic oxidation sites excluding steroid dienone is 2. The Labute approximate surface area is 236 Å². The quantitative estimate of drug-likeness (QED) is 0.198. The molecule has 4 aliphatic rings. The minimum absolute atomic E-state index is 0.0534. The smallest absolute Gasteiger partial charge is 0.198 e. The number of benzene rings is 3. The van der Waals surface area contributed by atoms with Crippen LogP contribution in [0.4, 0.5) is 11.4 Å². The highest BCUT2D eigenvalue weighted by Crippen LogP contribution is 2.74. The number of carbonyl (C=O) groups is 2. The van der Waals surface area contributed by atoms with Crippen LogP contribution >= 0.6 is 0 Å². The fourth-order valence-corrected chi connectivity index (χ4v) is 7.03. The van der Waals surface area contributed by atoms with E-state index in [0.29, 0.717) is 24.2 Å². The van der Waals surface area contributed by atoms with Gasteiger partial charge in [-0.2, -0.15) is 0 Å². The van der Waals surface area contributed by atoms with Gasteiger partial charge in [-0.05, 0) is 67.0 Å². The van der Waals surface area contributed by atoms with E-state index >= 15 is 0 Å². The fourth-order valence-electron chi connectivity index (χ4n) is 7.03. The Balaban J connectivity index is 1.36. The molecule has 41 heavy (non-hydrogen) atoms. The molecular weight excluding hydrogens is 516 g/mol. The highest BCUT2D eigenvalue weighted by Gasteiger charge is 2.79. The van der Waals surface area contributed by atoms with Gasteiger partial charge in [-0.25, -0.2) is 0 Å². The number of anilines is 2. The number of phenols is 1. The first-order valence-electron chi connectivity index (χ1n) is 13.5. The van der Waals surface area contributed by atoms with Gasteiger partial charge >= 0.3 is 0 Å². The van der Waals surface area contributed by atoms with Gasteiger partial charge in [-0.1, -0.05) is 47.9 Å². The highest BCUT2D eigenvalue weighted by molar-refractivity contribution is 6.31. The van der Waals surface area contributed by atoms with Crippen molar-refractivity contribution in [2.45, 2.75) is 43.6 Å². The maximum absolute atomic E-state index is 14.1. The summed E-state index contributed by atoms with van der Waals surface area (Å²) < 4.78 is 0. The summed E-state index contributed by atoms with van der Waals surface area (Å²) in [5, 5.41) is 40.3. The van der Waals surface area contributed by atoms with Gasteiger partial charge in [0.05, 0.1) is 29.0 Å². The number of hydrogen-bond acceptors (Lipinski definition) is 7. The van der Waals surface area contributed by atoms with Crippen molar-refractivity contribution in [2.75, 3.05) is 10.6 Å². The average Bonchev–Trinajstić information content (AvgIpc) is 3.71. The third-order valence-corrected chi connectivity index (χ3v) is 9.08. The number of aromatic hydroxyl groups is 1. The van der Waals surface area contributed by atoms with Crippen LogP contribution in [0.25, 0.3) is 0 Å². The Kier molecular flexibility index (Phi) is 5.43. The number of fused-ring (bicyclic) bond motifs is 4. The van der Waals surface area contributed by atoms with Gasteiger partial charge < -0.3 is 26.0 Å². The van der Waals surface area contributed by atoms with E-state index in [-0.39, 0.29) is 28.0 Å². The normalized spacial score (nSPS) is 27.6. The van der Waals surface area contributed by atoms with Crippen molar-refractivity contribution in [1.82, 2.24) is 0 Å². The van der Waals surface area contributed by atoms with Crippen LogP contribution in [0.3, 0.4) is 0 Å². The molecule has 202 valence electrons. The molecule has 0 spiro atoms. The molecule has 0 amide bonds. The predicted octanol–water partition coefficient (Wildman–Crippen LogP) is 3.52. The number of aliphatic hydroxyl groups is 2. The molecule has 7 rings (SSSR count). The lowest BCUT2D eigenvalue weighted by atomic mass is 9.69. The number of para-hydroxylation sites is 1. The third-order valence-electron chi connectivity index (χ3n) is 9.08. The van der Waals surface area contributed by atoms with Crippen molar-refractivity contribution in [2.24, 2.45) is 5.41 Å². The van der Waals surface area contributed by atoms with Crippen LogP contribution in [-0.2, 0) is 12.0 Å². The second kappa shape index (κ2) is 8.84. The zero-order valence-electron chi connectivity index (χ0n) is 22.2. The summed E-state index contributed by atoms with van der Waals surface area (Å²) in [6.07, 6.45) is 1.37. The standard InChI is InChI=1S/C34H26N2O5/c1-19(37)33-18-34(33)24-16-25(38)28-29(30(24)36-26(33)11-7-2-3-8-12-27(34)39)31(40)22-14-13-20(15-23(22)32(28)41)17-35-21-9-5-4-6-10-21/h2-6,9-10,13-16,19,26-27,35-39H,17-18H2,1H3/b3-2-/t19-,26+,27+,33-,34-/m1/s1. The van der Waals surface area contributed by atoms with Crippen LogP contribution in [0.1, 0.15) is 56.3 Å². The van der Waals surface area contributed by atoms with Gasteiger partial charge in [0.2, 0.25) is 0 Å². The lowest BCUT2D eigenvalue weighted by molar-refractivity contribution is 0.0603. The lowest BCUT2D eigenvalue weighted by Gasteiger charge is -2.42. The number of aliphatic hydroxyl groups excluding tert-OH is 2. The van der Waals surface area contributed by atoms with Gasteiger partial charge in [0.25, 0.3) is 0 Å². The Morgan fingerprint density at radius 3 is 2.49 bits per heavy atom. The third kappa shape index (κ3) is 3.37. The SMILES string of the molecule is C[C@@H](O)[C@@]12C[C@]13c1cc(O)c4c(c1N[C@H]2C#C/C=C\C#C[C@@H]3O)C(=O)c1ccc(CNc2ccccc2)cc1C4=O. The zero-order valence-corrected chi connectivity index (χ0v) is 22.2. The second-order valence-electron chi connectivity index (χ2n) is 11.1. The lowest BCUT2D eigenvalue weighted by Crippen LogP contribution is -2.50. The first-order valence-corrected chi connectivity index (χ1v) is 13.5. The molecule has 5 atom stereocenters. The molecule has 0 saturated heterocycles. The van der Waals surface area contributed by atoms with E-state index in [2.05, 4.69) is 34.3 Å². The summed E-state index contributed by atoms with van der Waals surface area (Å²) >= 11 is 0. The Bertz CT molecular complexity index is 1820. The van der Waals surface area contributed by atoms with E-state index in [1.165, 1.54) is 6.07 Å². The highest BCUT2D eigenvalue weighted by atomic mass is 16.3. The Hall–Kier alpha value is -4.82. The van der Waals surface area contributed by atoms with Crippen molar-refractivity contribution in [1.29, 1.82) is 0 Å². The first kappa shape index (κ1) is 25.2. The molecule has 0 unspecified atom stereocenters. The molecule has 5 N–H and O–H groups in total. The monoisotopic (exact) mass is 542 g/mol. The summed E-state index contributed by atoms with van der Waals surface area (Å²) in [5.74, 6) is 10.5. The molecule has 7 heteroatoms. The Morgan fingerprint density at radius 1 is 1.00 bits per heavy atom. The molecule has 1 fully saturated rings. The van der Waals surface area contributed by atoms with Gasteiger partial charge in [0.1, 0.15) is 11.9 Å². The van der Waals surface area contributed by atoms with Crippen molar-refractivity contribution in [3.63, 3.8) is 0 Å². The van der Waals surface area contributed by atoms with Gasteiger partial charge in [-0.15, -0.1) is 0 Å². The summed E-state index contributed by atoms with van der Waals surface area (Å²) in [7, 11) is 0. The minimum Gasteiger partial charge on any atom is -0.507 e. The number of rotatable bonds is 4. The molecule has 3 aromatic rings. The molecule has 0 aromatic heterocycles. The summed E-state index contributed by atoms with van der Waals surface area (Å²) in [6.45, 7) is 2.10. The fraction of sp³-hybridized carbons (Fsp3) is 0.235. The molecule has 7 nitrogen and oxygen atoms in total. The largest absolute Gasteiger partial charge is 0.507 e. The topological polar surface area (TPSA) is 119 Å². The summed E-state index contributed by atoms with van der Waals surface area (Å²) in [6, 6.07) is 15.6. The summed E-state index contributed by atoms with van der Waals surface area (Å²) in [4.78, 5) is 27.9. The van der Waals surface area contributed by atoms with Crippen LogP contribution in [0, 0.1) is 29.1 Å². The van der Waals surface area contributed by atoms with E-state index in [1.54, 1.807) is 37.3 Å². The molecule has 1 aliphatic heterocycles. The number of carbonyl (C=O) groups excluding carboxylic acids is 2. The van der Waals surface area contributed by atoms with Gasteiger partial charge in [0, 0.05) is 34.2 Å². The number of phenolic OH excluding ortho intramolecular Hbond substituents is 1. The van der Waals surface area contributed by atoms with E-state index in [9.17, 15) is 24.9 Å². The maximum Gasteiger partial charge on any atom is 0.198 e. The van der Waals surface area contributed by atoms with E-state index in [0.717, 1.165) is 11.3 Å². The van der Waals surface area contributed by atoms with E-state index < -0.39 is 40.6 Å². The average molecular weight is 543 g/mol. The van der Waals surface area contributed by atoms with Crippen LogP contribution in [0.5, 0.6) is 5.75 Å². The molecule has 2 bridgehead atoms. The predicted molar refractivity (Wildman–Crippen MR) is 154 cm³/mol. The van der Waals surface area contributed by atoms with Crippen LogP contribution < -0.4 is 10.6 Å².